The molecule has 4 rings (SSSR count). The number of aliphatic carboxylic acids is 1. The summed E-state index contributed by atoms with van der Waals surface area (Å²) in [6.45, 7) is -0.357. The van der Waals surface area contributed by atoms with Crippen LogP contribution in [0, 0.1) is 0 Å². The Morgan fingerprint density at radius 3 is 2.35 bits per heavy atom. The van der Waals surface area contributed by atoms with E-state index in [4.69, 9.17) is 11.6 Å². The molecular formula is C28H27ClN4O6S. The van der Waals surface area contributed by atoms with Crippen LogP contribution in [0.3, 0.4) is 0 Å². The zero-order valence-corrected chi connectivity index (χ0v) is 23.5. The Hall–Kier alpha value is -4.35. The minimum atomic E-state index is -3.75. The second-order valence-corrected chi connectivity index (χ2v) is 11.7. The molecule has 0 saturated carbocycles. The number of nitrogens with one attached hydrogen (secondary N) is 2. The molecule has 0 radical (unpaired) electrons. The van der Waals surface area contributed by atoms with E-state index in [0.717, 1.165) is 10.6 Å². The fraction of sp³-hybridized carbons (Fsp3) is 0.179. The van der Waals surface area contributed by atoms with E-state index < -0.39 is 16.0 Å². The SMILES string of the molecule is CN(C)C(=O)CN(c1ccc(N/C(=C2\C(=O)Nc3cc(Cl)ccc32)c2cccc(CC(=O)O)c2)cc1)S(C)(=O)=O. The van der Waals surface area contributed by atoms with Crippen LogP contribution in [0.15, 0.2) is 66.7 Å². The van der Waals surface area contributed by atoms with Crippen LogP contribution in [-0.4, -0.2) is 63.1 Å². The van der Waals surface area contributed by atoms with Crippen molar-refractivity contribution in [2.45, 2.75) is 6.42 Å². The number of fused-ring (bicyclic) bond motifs is 1. The minimum Gasteiger partial charge on any atom is -0.481 e. The van der Waals surface area contributed by atoms with E-state index >= 15 is 0 Å². The van der Waals surface area contributed by atoms with Crippen LogP contribution in [0.2, 0.25) is 5.02 Å². The first-order chi connectivity index (χ1) is 18.8. The summed E-state index contributed by atoms with van der Waals surface area (Å²) >= 11 is 6.13. The summed E-state index contributed by atoms with van der Waals surface area (Å²) in [6, 6.07) is 18.2. The van der Waals surface area contributed by atoms with Gasteiger partial charge in [0.2, 0.25) is 15.9 Å². The number of nitrogens with zero attached hydrogens (tertiary/aromatic N) is 2. The Morgan fingerprint density at radius 2 is 1.73 bits per heavy atom. The molecule has 1 heterocycles. The van der Waals surface area contributed by atoms with Crippen molar-refractivity contribution in [3.63, 3.8) is 0 Å². The summed E-state index contributed by atoms with van der Waals surface area (Å²) in [6.07, 6.45) is 0.827. The highest BCUT2D eigenvalue weighted by Crippen LogP contribution is 2.39. The van der Waals surface area contributed by atoms with E-state index in [0.29, 0.717) is 50.0 Å². The average molecular weight is 583 g/mol. The number of carboxylic acids is 1. The van der Waals surface area contributed by atoms with Crippen LogP contribution in [0.5, 0.6) is 0 Å². The molecule has 10 nitrogen and oxygen atoms in total. The van der Waals surface area contributed by atoms with Crippen LogP contribution >= 0.6 is 11.6 Å². The van der Waals surface area contributed by atoms with Crippen molar-refractivity contribution < 1.29 is 27.9 Å². The maximum atomic E-state index is 13.2. The number of amides is 2. The Balaban J connectivity index is 1.78. The molecule has 0 aromatic heterocycles. The van der Waals surface area contributed by atoms with Gasteiger partial charge in [-0.05, 0) is 53.6 Å². The van der Waals surface area contributed by atoms with E-state index in [1.54, 1.807) is 80.8 Å². The molecule has 1 aliphatic rings. The highest BCUT2D eigenvalue weighted by molar-refractivity contribution is 7.92. The van der Waals surface area contributed by atoms with Crippen LogP contribution < -0.4 is 14.9 Å². The predicted octanol–water partition coefficient (Wildman–Crippen LogP) is 3.75. The van der Waals surface area contributed by atoms with Gasteiger partial charge < -0.3 is 20.6 Å². The molecule has 3 N–H and O–H groups in total. The summed E-state index contributed by atoms with van der Waals surface area (Å²) in [5.74, 6) is -1.74. The van der Waals surface area contributed by atoms with Gasteiger partial charge in [0, 0.05) is 30.4 Å². The summed E-state index contributed by atoms with van der Waals surface area (Å²) in [5.41, 5.74) is 3.84. The number of hydrogen-bond acceptors (Lipinski definition) is 6. The smallest absolute Gasteiger partial charge is 0.307 e. The lowest BCUT2D eigenvalue weighted by Gasteiger charge is -2.24. The minimum absolute atomic E-state index is 0.198. The van der Waals surface area contributed by atoms with Gasteiger partial charge in [-0.25, -0.2) is 8.42 Å². The van der Waals surface area contributed by atoms with Crippen molar-refractivity contribution >= 4 is 67.7 Å². The Bertz CT molecular complexity index is 1630. The van der Waals surface area contributed by atoms with Crippen molar-refractivity contribution in [1.82, 2.24) is 4.90 Å². The van der Waals surface area contributed by atoms with Crippen LogP contribution in [-0.2, 0) is 30.8 Å². The van der Waals surface area contributed by atoms with Gasteiger partial charge in [-0.15, -0.1) is 0 Å². The quantitative estimate of drug-likeness (QED) is 0.327. The van der Waals surface area contributed by atoms with Gasteiger partial charge in [-0.3, -0.25) is 18.7 Å². The molecule has 0 spiro atoms. The monoisotopic (exact) mass is 582 g/mol. The molecule has 0 saturated heterocycles. The van der Waals surface area contributed by atoms with E-state index in [1.165, 1.54) is 4.90 Å². The van der Waals surface area contributed by atoms with E-state index in [9.17, 15) is 27.9 Å². The van der Waals surface area contributed by atoms with Gasteiger partial charge >= 0.3 is 5.97 Å². The highest BCUT2D eigenvalue weighted by atomic mass is 35.5. The molecule has 208 valence electrons. The number of carboxylic acid groups (broad SMARTS) is 1. The van der Waals surface area contributed by atoms with Crippen molar-refractivity contribution in [1.29, 1.82) is 0 Å². The lowest BCUT2D eigenvalue weighted by molar-refractivity contribution is -0.136. The van der Waals surface area contributed by atoms with Gasteiger partial charge in [0.05, 0.1) is 35.3 Å². The van der Waals surface area contributed by atoms with Crippen LogP contribution in [0.4, 0.5) is 17.1 Å². The second-order valence-electron chi connectivity index (χ2n) is 9.39. The normalized spacial score (nSPS) is 13.8. The third-order valence-corrected chi connectivity index (χ3v) is 7.53. The fourth-order valence-corrected chi connectivity index (χ4v) is 5.23. The van der Waals surface area contributed by atoms with Gasteiger partial charge in [0.15, 0.2) is 0 Å². The van der Waals surface area contributed by atoms with Crippen molar-refractivity contribution in [3.8, 4) is 0 Å². The first-order valence-electron chi connectivity index (χ1n) is 12.0. The zero-order valence-electron chi connectivity index (χ0n) is 21.9. The highest BCUT2D eigenvalue weighted by Gasteiger charge is 2.29. The van der Waals surface area contributed by atoms with Gasteiger partial charge in [0.1, 0.15) is 6.54 Å². The second kappa shape index (κ2) is 11.4. The Labute approximate surface area is 236 Å². The first-order valence-corrected chi connectivity index (χ1v) is 14.3. The molecule has 0 unspecified atom stereocenters. The number of rotatable bonds is 9. The van der Waals surface area contributed by atoms with Gasteiger partial charge in [-0.1, -0.05) is 35.9 Å². The first kappa shape index (κ1) is 28.7. The van der Waals surface area contributed by atoms with E-state index in [1.807, 2.05) is 0 Å². The van der Waals surface area contributed by atoms with Crippen molar-refractivity contribution in [3.05, 3.63) is 88.4 Å². The summed E-state index contributed by atoms with van der Waals surface area (Å²) in [5, 5.41) is 15.8. The van der Waals surface area contributed by atoms with E-state index in [-0.39, 0.29) is 24.8 Å². The number of carbonyl (C=O) groups is 3. The molecular weight excluding hydrogens is 556 g/mol. The number of sulfonamides is 1. The molecule has 0 bridgehead atoms. The number of carbonyl (C=O) groups excluding carboxylic acids is 2. The van der Waals surface area contributed by atoms with Crippen molar-refractivity contribution in [2.24, 2.45) is 0 Å². The Morgan fingerprint density at radius 1 is 1.02 bits per heavy atom. The topological polar surface area (TPSA) is 136 Å². The zero-order chi connectivity index (χ0) is 29.2. The molecule has 12 heteroatoms. The predicted molar refractivity (Wildman–Crippen MR) is 156 cm³/mol. The number of halogens is 1. The number of likely N-dealkylation sites (N-methyl/N-ethyl adjacent to an activating group) is 1. The van der Waals surface area contributed by atoms with Gasteiger partial charge in [0.25, 0.3) is 5.91 Å². The molecule has 0 aliphatic carbocycles. The largest absolute Gasteiger partial charge is 0.481 e. The average Bonchev–Trinajstić information content (AvgIpc) is 3.19. The molecule has 1 aliphatic heterocycles. The van der Waals surface area contributed by atoms with Crippen molar-refractivity contribution in [2.75, 3.05) is 41.8 Å². The third-order valence-electron chi connectivity index (χ3n) is 6.15. The molecule has 3 aromatic rings. The lowest BCUT2D eigenvalue weighted by Crippen LogP contribution is -2.39. The van der Waals surface area contributed by atoms with Crippen LogP contribution in [0.1, 0.15) is 16.7 Å². The number of anilines is 3. The third kappa shape index (κ3) is 6.44. The maximum absolute atomic E-state index is 13.2. The lowest BCUT2D eigenvalue weighted by atomic mass is 9.98. The molecule has 0 fully saturated rings. The number of benzene rings is 3. The van der Waals surface area contributed by atoms with E-state index in [2.05, 4.69) is 10.6 Å². The summed E-state index contributed by atoms with van der Waals surface area (Å²) in [4.78, 5) is 38.1. The standard InChI is InChI=1S/C28H27ClN4O6S/c1-32(2)24(34)16-33(40(3,38)39)21-10-8-20(9-11-21)30-27(18-6-4-5-17(13-18)14-25(35)36)26-22-12-7-19(29)15-23(22)31-28(26)37/h4-13,15,30H,14,16H2,1-3H3,(H,31,37)(H,35,36)/b27-26-. The fourth-order valence-electron chi connectivity index (χ4n) is 4.20. The Kier molecular flexibility index (Phi) is 8.17. The molecule has 0 atom stereocenters. The van der Waals surface area contributed by atoms with Crippen LogP contribution in [0.25, 0.3) is 11.3 Å². The summed E-state index contributed by atoms with van der Waals surface area (Å²) in [7, 11) is -0.667. The molecule has 40 heavy (non-hydrogen) atoms. The van der Waals surface area contributed by atoms with Gasteiger partial charge in [-0.2, -0.15) is 0 Å². The number of hydrogen-bond donors (Lipinski definition) is 3. The summed E-state index contributed by atoms with van der Waals surface area (Å²) < 4.78 is 25.9. The molecule has 2 amide bonds. The molecule has 3 aromatic carbocycles. The maximum Gasteiger partial charge on any atom is 0.307 e.